The minimum absolute atomic E-state index is 0.0368. The number of methoxy groups -OCH3 is 2. The number of alkyl carbamates (subject to hydrolysis) is 1. The van der Waals surface area contributed by atoms with Gasteiger partial charge in [0.15, 0.2) is 5.79 Å². The lowest BCUT2D eigenvalue weighted by Crippen LogP contribution is -2.62. The minimum atomic E-state index is -1.21. The number of rotatable bonds is 11. The molecule has 1 aliphatic rings. The van der Waals surface area contributed by atoms with Gasteiger partial charge in [-0.05, 0) is 135 Å². The van der Waals surface area contributed by atoms with Crippen molar-refractivity contribution in [3.8, 4) is 47.4 Å². The summed E-state index contributed by atoms with van der Waals surface area (Å²) in [7, 11) is 2.43. The highest BCUT2D eigenvalue weighted by molar-refractivity contribution is 5.98. The van der Waals surface area contributed by atoms with E-state index in [0.29, 0.717) is 35.5 Å². The number of hydrogen-bond donors (Lipinski definition) is 6. The van der Waals surface area contributed by atoms with Crippen LogP contribution in [0.1, 0.15) is 94.2 Å². The lowest BCUT2D eigenvalue weighted by atomic mass is 9.94. The average Bonchev–Trinajstić information content (AvgIpc) is 3.22. The highest BCUT2D eigenvalue weighted by Gasteiger charge is 2.40. The number of nitrogens with two attached hydrogens (primary N) is 1. The molecule has 16 heteroatoms. The Kier molecular flexibility index (Phi) is 20.6. The third-order valence-electron chi connectivity index (χ3n) is 8.80. The molecule has 16 nitrogen and oxygen atoms in total. The van der Waals surface area contributed by atoms with E-state index in [2.05, 4.69) is 68.1 Å². The molecule has 0 bridgehead atoms. The van der Waals surface area contributed by atoms with Gasteiger partial charge in [-0.3, -0.25) is 9.59 Å². The summed E-state index contributed by atoms with van der Waals surface area (Å²) in [5.74, 6) is 18.7. The third-order valence-corrected chi connectivity index (χ3v) is 8.80. The summed E-state index contributed by atoms with van der Waals surface area (Å²) in [6, 6.07) is 10.8. The quantitative estimate of drug-likeness (QED) is 0.108. The Balaban J connectivity index is 0.000000463. The van der Waals surface area contributed by atoms with Crippen LogP contribution in [-0.4, -0.2) is 115 Å². The summed E-state index contributed by atoms with van der Waals surface area (Å²) >= 11 is 0. The number of aliphatic hydroxyl groups excluding tert-OH is 2. The molecule has 1 heterocycles. The number of amides is 3. The van der Waals surface area contributed by atoms with Gasteiger partial charge < -0.3 is 55.6 Å². The van der Waals surface area contributed by atoms with Crippen molar-refractivity contribution in [1.82, 2.24) is 16.0 Å². The molecular weight excluding hydrogens is 825 g/mol. The first kappa shape index (κ1) is 53.8. The van der Waals surface area contributed by atoms with Gasteiger partial charge >= 0.3 is 18.0 Å². The van der Waals surface area contributed by atoms with Crippen LogP contribution in [0.4, 0.5) is 4.79 Å². The number of hydrogen-bond acceptors (Lipinski definition) is 13. The highest BCUT2D eigenvalue weighted by Crippen LogP contribution is 2.20. The summed E-state index contributed by atoms with van der Waals surface area (Å²) < 4.78 is 26.0. The predicted octanol–water partition coefficient (Wildman–Crippen LogP) is 2.67. The van der Waals surface area contributed by atoms with E-state index in [9.17, 15) is 24.0 Å². The second-order valence-electron chi connectivity index (χ2n) is 17.0. The molecule has 2 aromatic rings. The summed E-state index contributed by atoms with van der Waals surface area (Å²) in [6.45, 7) is 15.8. The Morgan fingerprint density at radius 2 is 1.17 bits per heavy atom. The van der Waals surface area contributed by atoms with Crippen LogP contribution in [0, 0.1) is 59.2 Å². The van der Waals surface area contributed by atoms with Crippen molar-refractivity contribution in [1.29, 1.82) is 0 Å². The van der Waals surface area contributed by atoms with Crippen LogP contribution in [0.15, 0.2) is 48.5 Å². The van der Waals surface area contributed by atoms with Crippen molar-refractivity contribution < 1.29 is 57.9 Å². The Labute approximate surface area is 376 Å². The van der Waals surface area contributed by atoms with Gasteiger partial charge in [0.2, 0.25) is 0 Å². The number of nitrogens with one attached hydrogen (secondary N) is 3. The fourth-order valence-electron chi connectivity index (χ4n) is 5.20. The van der Waals surface area contributed by atoms with Crippen molar-refractivity contribution in [2.24, 2.45) is 17.6 Å². The summed E-state index contributed by atoms with van der Waals surface area (Å²) in [4.78, 5) is 61.8. The number of carbonyl (C=O) groups excluding carboxylic acids is 5. The number of aliphatic hydroxyl groups is 2. The molecule has 2 aromatic carbocycles. The molecule has 3 amide bonds. The first-order valence-corrected chi connectivity index (χ1v) is 20.1. The van der Waals surface area contributed by atoms with E-state index in [4.69, 9.17) is 34.9 Å². The van der Waals surface area contributed by atoms with Gasteiger partial charge in [-0.1, -0.05) is 23.7 Å². The number of benzene rings is 2. The Morgan fingerprint density at radius 3 is 1.59 bits per heavy atom. The molecule has 2 atom stereocenters. The van der Waals surface area contributed by atoms with Gasteiger partial charge in [-0.25, -0.2) is 14.4 Å². The summed E-state index contributed by atoms with van der Waals surface area (Å²) in [6.07, 6.45) is -0.723. The molecule has 344 valence electrons. The maximum atomic E-state index is 12.9. The number of carbonyl (C=O) groups is 5. The lowest BCUT2D eigenvalue weighted by molar-refractivity contribution is -0.254. The van der Waals surface area contributed by atoms with Crippen molar-refractivity contribution in [2.75, 3.05) is 40.6 Å². The van der Waals surface area contributed by atoms with Crippen molar-refractivity contribution in [3.05, 3.63) is 70.8 Å². The van der Waals surface area contributed by atoms with E-state index < -0.39 is 70.3 Å². The summed E-state index contributed by atoms with van der Waals surface area (Å²) in [5, 5.41) is 25.6. The first-order valence-electron chi connectivity index (χ1n) is 20.1. The van der Waals surface area contributed by atoms with E-state index in [1.165, 1.54) is 14.2 Å². The molecule has 1 aliphatic heterocycles. The standard InChI is InChI=1S/C28H36N2O7.C20H24N2O5/c1-26(2,3)37-25(33)30-27(4,5)22(24(32)34-8)29-23(31)21-15-13-19(14-16-21)11-9-10-12-20-17-35-28(6,7)36-18-20;1-20(2,21)17(19(26)27-3)22-18(25)16-10-8-14(9-11-16)6-4-5-7-15(12-23)13-24/h13-16,20,22H,17-18H2,1-8H3,(H,29,31)(H,30,33);8-11,15,17,23-24H,12-13,21H2,1-3H3,(H,22,25)/t22-;17-/m11/s1. The van der Waals surface area contributed by atoms with Crippen LogP contribution >= 0.6 is 0 Å². The topological polar surface area (TPSA) is 234 Å². The third kappa shape index (κ3) is 18.9. The van der Waals surface area contributed by atoms with Gasteiger partial charge in [-0.2, -0.15) is 0 Å². The van der Waals surface area contributed by atoms with E-state index in [1.807, 2.05) is 13.8 Å². The minimum Gasteiger partial charge on any atom is -0.467 e. The molecule has 3 rings (SSSR count). The molecule has 0 radical (unpaired) electrons. The largest absolute Gasteiger partial charge is 0.467 e. The van der Waals surface area contributed by atoms with Gasteiger partial charge in [-0.15, -0.1) is 0 Å². The maximum Gasteiger partial charge on any atom is 0.408 e. The molecule has 0 spiro atoms. The van der Waals surface area contributed by atoms with Crippen LogP contribution in [0.2, 0.25) is 0 Å². The second kappa shape index (κ2) is 24.5. The molecule has 1 saturated heterocycles. The van der Waals surface area contributed by atoms with Crippen molar-refractivity contribution >= 4 is 29.8 Å². The van der Waals surface area contributed by atoms with Gasteiger partial charge in [0.1, 0.15) is 17.7 Å². The fraction of sp³-hybridized carbons (Fsp3) is 0.479. The van der Waals surface area contributed by atoms with Crippen molar-refractivity contribution in [2.45, 2.75) is 96.9 Å². The smallest absolute Gasteiger partial charge is 0.408 e. The molecule has 0 saturated carbocycles. The zero-order valence-electron chi connectivity index (χ0n) is 38.3. The van der Waals surface area contributed by atoms with Gasteiger partial charge in [0, 0.05) is 27.8 Å². The van der Waals surface area contributed by atoms with Crippen LogP contribution in [0.3, 0.4) is 0 Å². The van der Waals surface area contributed by atoms with E-state index in [-0.39, 0.29) is 19.1 Å². The summed E-state index contributed by atoms with van der Waals surface area (Å²) in [5.41, 5.74) is 4.95. The SMILES string of the molecule is COC(=O)[C@@H](NC(=O)c1ccc(C#CC#CC(CO)CO)cc1)C(C)(C)N.COC(=O)[C@@H](NC(=O)c1ccc(C#CC#CC2COC(C)(C)OC2)cc1)C(C)(C)NC(=O)OC(C)(C)C. The van der Waals surface area contributed by atoms with Crippen LogP contribution in [0.25, 0.3) is 0 Å². The Bertz CT molecular complexity index is 2180. The Hall–Kier alpha value is -6.37. The second-order valence-corrected chi connectivity index (χ2v) is 17.0. The van der Waals surface area contributed by atoms with Gasteiger partial charge in [0.25, 0.3) is 11.8 Å². The molecule has 0 unspecified atom stereocenters. The monoisotopic (exact) mass is 884 g/mol. The molecule has 7 N–H and O–H groups in total. The molecule has 0 aliphatic carbocycles. The van der Waals surface area contributed by atoms with E-state index in [0.717, 1.165) is 0 Å². The van der Waals surface area contributed by atoms with Gasteiger partial charge in [0.05, 0.1) is 58.0 Å². The van der Waals surface area contributed by atoms with Crippen LogP contribution < -0.4 is 21.7 Å². The average molecular weight is 885 g/mol. The van der Waals surface area contributed by atoms with Crippen molar-refractivity contribution in [3.63, 3.8) is 0 Å². The normalized spacial score (nSPS) is 14.2. The Morgan fingerprint density at radius 1 is 0.734 bits per heavy atom. The first-order chi connectivity index (χ1) is 29.8. The predicted molar refractivity (Wildman–Crippen MR) is 238 cm³/mol. The van der Waals surface area contributed by atoms with E-state index in [1.54, 1.807) is 97.0 Å². The molecule has 64 heavy (non-hydrogen) atoms. The van der Waals surface area contributed by atoms with E-state index >= 15 is 0 Å². The fourth-order valence-corrected chi connectivity index (χ4v) is 5.20. The molecule has 0 aromatic heterocycles. The van der Waals surface area contributed by atoms with Crippen LogP contribution in [-0.2, 0) is 33.3 Å². The zero-order chi connectivity index (χ0) is 48.3. The van der Waals surface area contributed by atoms with Crippen LogP contribution in [0.5, 0.6) is 0 Å². The maximum absolute atomic E-state index is 12.9. The molecule has 1 fully saturated rings. The molecular formula is C48H60N4O12. The number of ether oxygens (including phenoxy) is 5. The highest BCUT2D eigenvalue weighted by atomic mass is 16.7. The zero-order valence-corrected chi connectivity index (χ0v) is 38.3. The lowest BCUT2D eigenvalue weighted by Gasteiger charge is -2.34. The number of esters is 2.